The molecule has 0 N–H and O–H groups in total. The normalized spacial score (nSPS) is 12.2. The number of allylic oxidation sites excluding steroid dienone is 3. The maximum atomic E-state index is 4.15. The van der Waals surface area contributed by atoms with E-state index in [1.165, 1.54) is 20.9 Å². The predicted octanol–water partition coefficient (Wildman–Crippen LogP) is 4.67. The molecule has 0 aliphatic carbocycles. The SMILES string of the molecule is C=C(C(=CC)c1ccc(C)s1)C(C)C. The van der Waals surface area contributed by atoms with E-state index < -0.39 is 0 Å². The molecule has 0 nitrogen and oxygen atoms in total. The monoisotopic (exact) mass is 206 g/mol. The average molecular weight is 206 g/mol. The summed E-state index contributed by atoms with van der Waals surface area (Å²) in [5.41, 5.74) is 2.53. The summed E-state index contributed by atoms with van der Waals surface area (Å²) in [6.45, 7) is 12.7. The van der Waals surface area contributed by atoms with Gasteiger partial charge in [0.1, 0.15) is 0 Å². The van der Waals surface area contributed by atoms with Crippen LogP contribution >= 0.6 is 11.3 Å². The van der Waals surface area contributed by atoms with Gasteiger partial charge in [-0.1, -0.05) is 26.5 Å². The smallest absolute Gasteiger partial charge is 0.0344 e. The molecule has 0 amide bonds. The van der Waals surface area contributed by atoms with Crippen molar-refractivity contribution in [1.29, 1.82) is 0 Å². The first-order valence-electron chi connectivity index (χ1n) is 4.98. The van der Waals surface area contributed by atoms with Crippen LogP contribution in [-0.2, 0) is 0 Å². The molecule has 0 fully saturated rings. The Bertz CT molecular complexity index is 353. The van der Waals surface area contributed by atoms with Crippen LogP contribution in [0.3, 0.4) is 0 Å². The summed E-state index contributed by atoms with van der Waals surface area (Å²) in [6.07, 6.45) is 2.16. The number of aryl methyl sites for hydroxylation is 1. The highest BCUT2D eigenvalue weighted by atomic mass is 32.1. The van der Waals surface area contributed by atoms with Crippen LogP contribution in [0.5, 0.6) is 0 Å². The van der Waals surface area contributed by atoms with Crippen molar-refractivity contribution in [3.05, 3.63) is 40.1 Å². The maximum absolute atomic E-state index is 4.15. The fourth-order valence-corrected chi connectivity index (χ4v) is 2.35. The van der Waals surface area contributed by atoms with Crippen LogP contribution in [0.2, 0.25) is 0 Å². The standard InChI is InChI=1S/C13H18S/c1-6-12(11(5)9(2)3)13-8-7-10(4)14-13/h6-9H,5H2,1-4H3. The highest BCUT2D eigenvalue weighted by molar-refractivity contribution is 7.13. The predicted molar refractivity (Wildman–Crippen MR) is 66.7 cm³/mol. The Kier molecular flexibility index (Phi) is 3.70. The third-order valence-electron chi connectivity index (χ3n) is 2.34. The van der Waals surface area contributed by atoms with Crippen molar-refractivity contribution in [2.45, 2.75) is 27.7 Å². The first-order valence-corrected chi connectivity index (χ1v) is 5.80. The van der Waals surface area contributed by atoms with E-state index in [1.807, 2.05) is 11.3 Å². The van der Waals surface area contributed by atoms with Crippen LogP contribution in [0.4, 0.5) is 0 Å². The fraction of sp³-hybridized carbons (Fsp3) is 0.385. The van der Waals surface area contributed by atoms with Gasteiger partial charge in [0.2, 0.25) is 0 Å². The molecule has 0 atom stereocenters. The van der Waals surface area contributed by atoms with Crippen molar-refractivity contribution in [2.24, 2.45) is 5.92 Å². The highest BCUT2D eigenvalue weighted by Crippen LogP contribution is 2.31. The first kappa shape index (κ1) is 11.3. The number of hydrogen-bond donors (Lipinski definition) is 0. The van der Waals surface area contributed by atoms with E-state index in [-0.39, 0.29) is 0 Å². The van der Waals surface area contributed by atoms with Crippen molar-refractivity contribution in [3.63, 3.8) is 0 Å². The molecule has 0 saturated heterocycles. The Hall–Kier alpha value is -0.820. The topological polar surface area (TPSA) is 0 Å². The molecular weight excluding hydrogens is 188 g/mol. The maximum Gasteiger partial charge on any atom is 0.0344 e. The molecule has 0 bridgehead atoms. The molecule has 0 aliphatic rings. The molecule has 0 unspecified atom stereocenters. The number of rotatable bonds is 3. The summed E-state index contributed by atoms with van der Waals surface area (Å²) in [6, 6.07) is 4.35. The largest absolute Gasteiger partial charge is 0.141 e. The Labute approximate surface area is 91.0 Å². The van der Waals surface area contributed by atoms with Crippen molar-refractivity contribution in [1.82, 2.24) is 0 Å². The zero-order valence-electron chi connectivity index (χ0n) is 9.42. The summed E-state index contributed by atoms with van der Waals surface area (Å²) < 4.78 is 0. The van der Waals surface area contributed by atoms with Gasteiger partial charge in [-0.15, -0.1) is 11.3 Å². The Morgan fingerprint density at radius 1 is 1.43 bits per heavy atom. The van der Waals surface area contributed by atoms with Crippen LogP contribution in [0, 0.1) is 12.8 Å². The average Bonchev–Trinajstić information content (AvgIpc) is 2.53. The fourth-order valence-electron chi connectivity index (χ4n) is 1.38. The summed E-state index contributed by atoms with van der Waals surface area (Å²) in [4.78, 5) is 2.69. The molecule has 0 aliphatic heterocycles. The Balaban J connectivity index is 3.00. The minimum atomic E-state index is 0.517. The molecule has 0 spiro atoms. The van der Waals surface area contributed by atoms with E-state index >= 15 is 0 Å². The van der Waals surface area contributed by atoms with Gasteiger partial charge in [-0.3, -0.25) is 0 Å². The van der Waals surface area contributed by atoms with Gasteiger partial charge in [0.25, 0.3) is 0 Å². The summed E-state index contributed by atoms with van der Waals surface area (Å²) >= 11 is 1.84. The van der Waals surface area contributed by atoms with Gasteiger partial charge in [0, 0.05) is 9.75 Å². The lowest BCUT2D eigenvalue weighted by Gasteiger charge is -2.12. The van der Waals surface area contributed by atoms with Crippen molar-refractivity contribution < 1.29 is 0 Å². The molecule has 0 saturated carbocycles. The second-order valence-corrected chi connectivity index (χ2v) is 5.08. The number of hydrogen-bond acceptors (Lipinski definition) is 1. The lowest BCUT2D eigenvalue weighted by Crippen LogP contribution is -1.94. The minimum absolute atomic E-state index is 0.517. The van der Waals surface area contributed by atoms with E-state index in [2.05, 4.69) is 52.5 Å². The van der Waals surface area contributed by atoms with Crippen LogP contribution in [0.15, 0.2) is 30.4 Å². The van der Waals surface area contributed by atoms with Crippen LogP contribution in [0.1, 0.15) is 30.5 Å². The third-order valence-corrected chi connectivity index (χ3v) is 3.37. The van der Waals surface area contributed by atoms with Crippen LogP contribution in [-0.4, -0.2) is 0 Å². The molecule has 14 heavy (non-hydrogen) atoms. The molecule has 1 heterocycles. The van der Waals surface area contributed by atoms with E-state index in [0.717, 1.165) is 0 Å². The lowest BCUT2D eigenvalue weighted by atomic mass is 9.96. The zero-order chi connectivity index (χ0) is 10.7. The van der Waals surface area contributed by atoms with Gasteiger partial charge in [0.05, 0.1) is 0 Å². The van der Waals surface area contributed by atoms with Crippen LogP contribution in [0.25, 0.3) is 5.57 Å². The van der Waals surface area contributed by atoms with E-state index in [1.54, 1.807) is 0 Å². The second kappa shape index (κ2) is 4.61. The van der Waals surface area contributed by atoms with E-state index in [0.29, 0.717) is 5.92 Å². The molecule has 0 aromatic carbocycles. The van der Waals surface area contributed by atoms with Crippen molar-refractivity contribution >= 4 is 16.9 Å². The summed E-state index contributed by atoms with van der Waals surface area (Å²) in [5, 5.41) is 0. The lowest BCUT2D eigenvalue weighted by molar-refractivity contribution is 0.800. The molecule has 1 rings (SSSR count). The Morgan fingerprint density at radius 2 is 2.07 bits per heavy atom. The second-order valence-electron chi connectivity index (χ2n) is 3.79. The third kappa shape index (κ3) is 2.36. The quantitative estimate of drug-likeness (QED) is 0.630. The summed E-state index contributed by atoms with van der Waals surface area (Å²) in [7, 11) is 0. The van der Waals surface area contributed by atoms with E-state index in [9.17, 15) is 0 Å². The van der Waals surface area contributed by atoms with Gasteiger partial charge in [-0.05, 0) is 43.0 Å². The molecule has 1 aromatic heterocycles. The molecule has 1 aromatic rings. The Morgan fingerprint density at radius 3 is 2.43 bits per heavy atom. The van der Waals surface area contributed by atoms with Crippen molar-refractivity contribution in [3.8, 4) is 0 Å². The molecule has 1 heteroatoms. The minimum Gasteiger partial charge on any atom is -0.141 e. The van der Waals surface area contributed by atoms with E-state index in [4.69, 9.17) is 0 Å². The van der Waals surface area contributed by atoms with Gasteiger partial charge in [-0.2, -0.15) is 0 Å². The molecular formula is C13H18S. The first-order chi connectivity index (χ1) is 6.56. The summed E-state index contributed by atoms with van der Waals surface area (Å²) in [5.74, 6) is 0.517. The molecule has 0 radical (unpaired) electrons. The zero-order valence-corrected chi connectivity index (χ0v) is 10.2. The van der Waals surface area contributed by atoms with Gasteiger partial charge in [-0.25, -0.2) is 0 Å². The van der Waals surface area contributed by atoms with Gasteiger partial charge < -0.3 is 0 Å². The molecule has 76 valence electrons. The van der Waals surface area contributed by atoms with Gasteiger partial charge in [0.15, 0.2) is 0 Å². The van der Waals surface area contributed by atoms with Gasteiger partial charge >= 0.3 is 0 Å². The highest BCUT2D eigenvalue weighted by Gasteiger charge is 2.09. The van der Waals surface area contributed by atoms with Crippen molar-refractivity contribution in [2.75, 3.05) is 0 Å². The van der Waals surface area contributed by atoms with Crippen LogP contribution < -0.4 is 0 Å². The number of thiophene rings is 1.